The van der Waals surface area contributed by atoms with E-state index in [0.717, 1.165) is 17.7 Å². The zero-order chi connectivity index (χ0) is 11.0. The number of rotatable bonds is 1. The summed E-state index contributed by atoms with van der Waals surface area (Å²) in [5.74, 6) is 0.668. The quantitative estimate of drug-likeness (QED) is 0.735. The van der Waals surface area contributed by atoms with Crippen LogP contribution in [0.15, 0.2) is 12.1 Å². The molecule has 3 atom stereocenters. The highest BCUT2D eigenvalue weighted by Gasteiger charge is 2.32. The molecule has 0 saturated carbocycles. The van der Waals surface area contributed by atoms with Gasteiger partial charge in [0.25, 0.3) is 0 Å². The summed E-state index contributed by atoms with van der Waals surface area (Å²) < 4.78 is 5.49. The van der Waals surface area contributed by atoms with Crippen LogP contribution in [0.5, 0.6) is 0 Å². The van der Waals surface area contributed by atoms with Crippen LogP contribution in [0.4, 0.5) is 5.82 Å². The molecule has 0 aromatic carbocycles. The molecule has 0 aliphatic carbocycles. The van der Waals surface area contributed by atoms with Crippen molar-refractivity contribution in [1.82, 2.24) is 4.98 Å². The summed E-state index contributed by atoms with van der Waals surface area (Å²) in [5.41, 5.74) is 7.24. The highest BCUT2D eigenvalue weighted by atomic mass is 16.6. The Labute approximate surface area is 89.1 Å². The first kappa shape index (κ1) is 10.4. The van der Waals surface area contributed by atoms with Gasteiger partial charge in [0.05, 0.1) is 11.8 Å². The van der Waals surface area contributed by atoms with Crippen LogP contribution in [0.25, 0.3) is 0 Å². The van der Waals surface area contributed by atoms with Gasteiger partial charge in [-0.2, -0.15) is 0 Å². The van der Waals surface area contributed by atoms with Crippen LogP contribution in [-0.4, -0.2) is 16.2 Å². The molecule has 2 heterocycles. The van der Waals surface area contributed by atoms with E-state index in [2.05, 4.69) is 4.98 Å². The summed E-state index contributed by atoms with van der Waals surface area (Å²) in [6.45, 7) is 4.08. The van der Waals surface area contributed by atoms with Gasteiger partial charge in [-0.3, -0.25) is 0 Å². The van der Waals surface area contributed by atoms with Gasteiger partial charge in [0.1, 0.15) is 5.82 Å². The molecule has 0 spiro atoms. The van der Waals surface area contributed by atoms with Gasteiger partial charge in [-0.1, -0.05) is 13.8 Å². The largest absolute Gasteiger partial charge is 0.384 e. The predicted molar refractivity (Wildman–Crippen MR) is 57.2 cm³/mol. The molecule has 1 aliphatic rings. The van der Waals surface area contributed by atoms with E-state index in [4.69, 9.17) is 10.5 Å². The van der Waals surface area contributed by atoms with E-state index in [-0.39, 0.29) is 12.0 Å². The third-order valence-corrected chi connectivity index (χ3v) is 2.94. The van der Waals surface area contributed by atoms with Gasteiger partial charge in [0.15, 0.2) is 6.29 Å². The molecule has 1 aliphatic heterocycles. The van der Waals surface area contributed by atoms with Crippen molar-refractivity contribution in [3.63, 3.8) is 0 Å². The van der Waals surface area contributed by atoms with E-state index in [9.17, 15) is 5.11 Å². The number of anilines is 1. The average molecular weight is 208 g/mol. The molecule has 2 rings (SSSR count). The Morgan fingerprint density at radius 1 is 1.53 bits per heavy atom. The van der Waals surface area contributed by atoms with Crippen LogP contribution in [0, 0.1) is 0 Å². The zero-order valence-electron chi connectivity index (χ0n) is 8.97. The van der Waals surface area contributed by atoms with Crippen molar-refractivity contribution in [2.45, 2.75) is 38.6 Å². The van der Waals surface area contributed by atoms with Crippen LogP contribution in [0.3, 0.4) is 0 Å². The van der Waals surface area contributed by atoms with Crippen molar-refractivity contribution < 1.29 is 9.84 Å². The molecule has 4 nitrogen and oxygen atoms in total. The lowest BCUT2D eigenvalue weighted by Crippen LogP contribution is -2.30. The Bertz CT molecular complexity index is 368. The summed E-state index contributed by atoms with van der Waals surface area (Å²) in [6.07, 6.45) is 0.00442. The van der Waals surface area contributed by atoms with Crippen LogP contribution >= 0.6 is 0 Å². The lowest BCUT2D eigenvalue weighted by molar-refractivity contribution is -0.157. The molecule has 1 unspecified atom stereocenters. The van der Waals surface area contributed by atoms with Crippen molar-refractivity contribution in [2.24, 2.45) is 0 Å². The molecule has 3 N–H and O–H groups in total. The summed E-state index contributed by atoms with van der Waals surface area (Å²) in [4.78, 5) is 4.28. The first-order chi connectivity index (χ1) is 7.13. The molecule has 4 heteroatoms. The third-order valence-electron chi connectivity index (χ3n) is 2.94. The number of aliphatic hydroxyl groups excluding tert-OH is 1. The fourth-order valence-electron chi connectivity index (χ4n) is 2.06. The van der Waals surface area contributed by atoms with Gasteiger partial charge >= 0.3 is 0 Å². The molecule has 0 radical (unpaired) electrons. The molecule has 1 aromatic heterocycles. The number of nitrogen functional groups attached to an aromatic ring is 1. The Balaban J connectivity index is 2.45. The second-order valence-electron chi connectivity index (χ2n) is 3.93. The molecule has 0 saturated heterocycles. The minimum Gasteiger partial charge on any atom is -0.384 e. The number of nitrogens with zero attached hydrogens (tertiary/aromatic N) is 1. The molecule has 82 valence electrons. The average Bonchev–Trinajstić information content (AvgIpc) is 2.23. The highest BCUT2D eigenvalue weighted by molar-refractivity contribution is 5.37. The topological polar surface area (TPSA) is 68.4 Å². The summed E-state index contributed by atoms with van der Waals surface area (Å²) in [7, 11) is 0. The SMILES string of the molecule is CC[C@H]1OC(O)c2ccc(N)nc2[C@@H]1C. The number of hydrogen-bond acceptors (Lipinski definition) is 4. The molecular weight excluding hydrogens is 192 g/mol. The van der Waals surface area contributed by atoms with Gasteiger partial charge in [-0.15, -0.1) is 0 Å². The van der Waals surface area contributed by atoms with E-state index >= 15 is 0 Å². The standard InChI is InChI=1S/C11H16N2O2/c1-3-8-6(2)10-7(11(14)15-8)4-5-9(12)13-10/h4-6,8,11,14H,3H2,1-2H3,(H2,12,13)/t6-,8-,11?/m1/s1. The van der Waals surface area contributed by atoms with E-state index in [1.807, 2.05) is 13.8 Å². The van der Waals surface area contributed by atoms with Crippen molar-refractivity contribution in [1.29, 1.82) is 0 Å². The van der Waals surface area contributed by atoms with E-state index in [0.29, 0.717) is 5.82 Å². The van der Waals surface area contributed by atoms with Crippen LogP contribution in [0.2, 0.25) is 0 Å². The first-order valence-electron chi connectivity index (χ1n) is 5.23. The van der Waals surface area contributed by atoms with Crippen molar-refractivity contribution in [2.75, 3.05) is 5.73 Å². The smallest absolute Gasteiger partial charge is 0.183 e. The normalized spacial score (nSPS) is 29.9. The zero-order valence-corrected chi connectivity index (χ0v) is 8.97. The number of ether oxygens (including phenoxy) is 1. The van der Waals surface area contributed by atoms with E-state index in [1.54, 1.807) is 12.1 Å². The number of nitrogens with two attached hydrogens (primary N) is 1. The Morgan fingerprint density at radius 3 is 2.93 bits per heavy atom. The molecule has 0 amide bonds. The minimum absolute atomic E-state index is 0.0156. The van der Waals surface area contributed by atoms with Crippen molar-refractivity contribution in [3.8, 4) is 0 Å². The van der Waals surface area contributed by atoms with Crippen LogP contribution in [-0.2, 0) is 4.74 Å². The fraction of sp³-hybridized carbons (Fsp3) is 0.545. The predicted octanol–water partition coefficient (Wildman–Crippen LogP) is 1.57. The van der Waals surface area contributed by atoms with Gasteiger partial charge in [-0.25, -0.2) is 4.98 Å². The lowest BCUT2D eigenvalue weighted by atomic mass is 9.91. The number of aliphatic hydroxyl groups is 1. The van der Waals surface area contributed by atoms with Gasteiger partial charge in [0.2, 0.25) is 0 Å². The number of fused-ring (bicyclic) bond motifs is 1. The van der Waals surface area contributed by atoms with Crippen LogP contribution < -0.4 is 5.73 Å². The van der Waals surface area contributed by atoms with Gasteiger partial charge < -0.3 is 15.6 Å². The molecule has 0 fully saturated rings. The molecule has 15 heavy (non-hydrogen) atoms. The Morgan fingerprint density at radius 2 is 2.27 bits per heavy atom. The monoisotopic (exact) mass is 208 g/mol. The van der Waals surface area contributed by atoms with Gasteiger partial charge in [0, 0.05) is 11.5 Å². The van der Waals surface area contributed by atoms with E-state index in [1.165, 1.54) is 0 Å². The summed E-state index contributed by atoms with van der Waals surface area (Å²) in [6, 6.07) is 3.47. The maximum absolute atomic E-state index is 9.77. The second kappa shape index (κ2) is 3.79. The lowest BCUT2D eigenvalue weighted by Gasteiger charge is -2.33. The molecule has 1 aromatic rings. The molecule has 0 bridgehead atoms. The number of hydrogen-bond donors (Lipinski definition) is 2. The van der Waals surface area contributed by atoms with Crippen molar-refractivity contribution in [3.05, 3.63) is 23.4 Å². The maximum Gasteiger partial charge on any atom is 0.183 e. The van der Waals surface area contributed by atoms with Crippen molar-refractivity contribution >= 4 is 5.82 Å². The second-order valence-corrected chi connectivity index (χ2v) is 3.93. The Kier molecular flexibility index (Phi) is 2.63. The Hall–Kier alpha value is -1.13. The summed E-state index contributed by atoms with van der Waals surface area (Å²) >= 11 is 0. The number of aromatic nitrogens is 1. The molecular formula is C11H16N2O2. The maximum atomic E-state index is 9.77. The summed E-state index contributed by atoms with van der Waals surface area (Å²) in [5, 5.41) is 9.77. The first-order valence-corrected chi connectivity index (χ1v) is 5.23. The van der Waals surface area contributed by atoms with E-state index < -0.39 is 6.29 Å². The minimum atomic E-state index is -0.866. The fourth-order valence-corrected chi connectivity index (χ4v) is 2.06. The third kappa shape index (κ3) is 1.70. The number of pyridine rings is 1. The highest BCUT2D eigenvalue weighted by Crippen LogP contribution is 2.36. The van der Waals surface area contributed by atoms with Crippen LogP contribution in [0.1, 0.15) is 43.7 Å². The van der Waals surface area contributed by atoms with Gasteiger partial charge in [-0.05, 0) is 18.6 Å².